The second-order valence-electron chi connectivity index (χ2n) is 16.9. The number of hydrogen-bond acceptors (Lipinski definition) is 15. The van der Waals surface area contributed by atoms with Crippen LogP contribution >= 0.6 is 0 Å². The number of nitro groups is 1. The second-order valence-corrected chi connectivity index (χ2v) is 16.9. The Bertz CT molecular complexity index is 2200. The molecule has 4 aromatic rings. The number of benzene rings is 2. The van der Waals surface area contributed by atoms with Gasteiger partial charge in [-0.15, -0.1) is 0 Å². The molecule has 20 heteroatoms. The number of nitrogens with two attached hydrogens (primary N) is 1. The van der Waals surface area contributed by atoms with Gasteiger partial charge in [0, 0.05) is 157 Å². The number of rotatable bonds is 11. The fraction of sp³-hybridized carbons (Fsp3) is 0.571. The summed E-state index contributed by atoms with van der Waals surface area (Å²) in [4.78, 5) is 38.0. The third kappa shape index (κ3) is 10.7. The molecule has 0 spiro atoms. The van der Waals surface area contributed by atoms with Gasteiger partial charge in [-0.3, -0.25) is 19.9 Å². The summed E-state index contributed by atoms with van der Waals surface area (Å²) in [6, 6.07) is 4.05. The molecule has 4 aliphatic rings. The Hall–Kier alpha value is -4.86. The van der Waals surface area contributed by atoms with Crippen LogP contribution in [0, 0.1) is 33.4 Å². The molecule has 340 valence electrons. The van der Waals surface area contributed by atoms with E-state index in [0.29, 0.717) is 49.9 Å². The summed E-state index contributed by atoms with van der Waals surface area (Å²) in [6.07, 6.45) is 0. The van der Waals surface area contributed by atoms with Crippen LogP contribution in [0.1, 0.15) is 1.43 Å². The molecule has 4 aliphatic heterocycles. The number of halogens is 4. The van der Waals surface area contributed by atoms with Crippen molar-refractivity contribution in [1.29, 1.82) is 0 Å². The maximum absolute atomic E-state index is 14.8. The van der Waals surface area contributed by atoms with E-state index in [9.17, 15) is 27.7 Å². The molecule has 16 nitrogen and oxygen atoms in total. The first-order valence-corrected chi connectivity index (χ1v) is 21.5. The number of nitrogens with one attached hydrogen (secondary N) is 2. The Morgan fingerprint density at radius 3 is 1.40 bits per heavy atom. The highest BCUT2D eigenvalue weighted by molar-refractivity contribution is 6.02. The Kier molecular flexibility index (Phi) is 14.6. The van der Waals surface area contributed by atoms with E-state index in [1.54, 1.807) is 0 Å². The molecule has 0 saturated carbocycles. The SMILES string of the molecule is CN1CCN(CCNc2c(N)c(N3CCN(C)CC3)nc3cc(F)cc(F)c23)CC1.CN1CCN(CCNc2c([N+](=O)[O-])c(N3CCN(C)CC3)nc3cc(F)cc(F)c23)CC1.[HH]. The standard InChI is InChI=1S/C21H29F2N7O2.C21H31F2N7.H2/c1-26-5-9-28(10-6-26)4-3-24-19-18-16(23)13-15(22)14-17(18)25-21(20(19)30(31)32)29-11-7-27(2)8-12-29;1-27-5-9-29(10-6-27)4-3-25-20-18-16(23)13-15(22)14-17(18)26-21(19(20)24)30-11-7-28(2)8-12-30;/h13-14H,3-12H2,1-2H3,(H,24,25);13-14H,3-12,24H2,1-2H3,(H,25,26);1H. The number of aromatic nitrogens is 2. The summed E-state index contributed by atoms with van der Waals surface area (Å²) >= 11 is 0. The maximum atomic E-state index is 14.8. The third-order valence-corrected chi connectivity index (χ3v) is 12.4. The highest BCUT2D eigenvalue weighted by Crippen LogP contribution is 2.41. The van der Waals surface area contributed by atoms with Gasteiger partial charge in [-0.05, 0) is 28.2 Å². The van der Waals surface area contributed by atoms with Crippen molar-refractivity contribution in [2.24, 2.45) is 0 Å². The van der Waals surface area contributed by atoms with Gasteiger partial charge in [0.05, 0.1) is 38.1 Å². The molecule has 0 atom stereocenters. The Morgan fingerprint density at radius 1 is 0.597 bits per heavy atom. The average Bonchev–Trinajstić information content (AvgIpc) is 3.23. The Labute approximate surface area is 361 Å². The van der Waals surface area contributed by atoms with Crippen molar-refractivity contribution in [3.05, 3.63) is 57.6 Å². The average molecular weight is 871 g/mol. The van der Waals surface area contributed by atoms with Gasteiger partial charge in [-0.25, -0.2) is 27.5 Å². The molecule has 0 bridgehead atoms. The van der Waals surface area contributed by atoms with Gasteiger partial charge >= 0.3 is 5.69 Å². The van der Waals surface area contributed by atoms with E-state index >= 15 is 0 Å². The monoisotopic (exact) mass is 871 g/mol. The first kappa shape index (κ1) is 45.2. The molecule has 6 heterocycles. The van der Waals surface area contributed by atoms with E-state index in [0.717, 1.165) is 116 Å². The van der Waals surface area contributed by atoms with Crippen molar-refractivity contribution in [2.75, 3.05) is 185 Å². The number of likely N-dealkylation sites (N-methyl/N-ethyl adjacent to an activating group) is 4. The van der Waals surface area contributed by atoms with Gasteiger partial charge < -0.3 is 45.8 Å². The molecule has 2 aromatic heterocycles. The lowest BCUT2D eigenvalue weighted by molar-refractivity contribution is -0.383. The molecule has 4 fully saturated rings. The van der Waals surface area contributed by atoms with Crippen LogP contribution < -0.4 is 26.2 Å². The fourth-order valence-electron chi connectivity index (χ4n) is 8.46. The van der Waals surface area contributed by atoms with Crippen LogP contribution in [-0.2, 0) is 0 Å². The van der Waals surface area contributed by atoms with Crippen LogP contribution in [0.3, 0.4) is 0 Å². The number of pyridine rings is 2. The number of piperazine rings is 4. The van der Waals surface area contributed by atoms with Crippen molar-refractivity contribution in [3.8, 4) is 0 Å². The van der Waals surface area contributed by atoms with Gasteiger partial charge in [0.2, 0.25) is 5.82 Å². The molecule has 0 amide bonds. The van der Waals surface area contributed by atoms with Crippen LogP contribution in [0.15, 0.2) is 24.3 Å². The Morgan fingerprint density at radius 2 is 0.968 bits per heavy atom. The van der Waals surface area contributed by atoms with E-state index in [4.69, 9.17) is 5.73 Å². The summed E-state index contributed by atoms with van der Waals surface area (Å²) < 4.78 is 57.4. The van der Waals surface area contributed by atoms with E-state index < -0.39 is 28.2 Å². The number of anilines is 5. The van der Waals surface area contributed by atoms with Crippen LogP contribution in [0.2, 0.25) is 0 Å². The highest BCUT2D eigenvalue weighted by Gasteiger charge is 2.32. The van der Waals surface area contributed by atoms with Crippen molar-refractivity contribution in [2.45, 2.75) is 0 Å². The quantitative estimate of drug-likeness (QED) is 0.115. The molecule has 0 unspecified atom stereocenters. The van der Waals surface area contributed by atoms with Crippen LogP contribution in [-0.4, -0.2) is 203 Å². The molecule has 8 rings (SSSR count). The molecule has 0 radical (unpaired) electrons. The summed E-state index contributed by atoms with van der Waals surface area (Å²) in [5, 5.41) is 18.8. The zero-order chi connectivity index (χ0) is 44.1. The van der Waals surface area contributed by atoms with Crippen molar-refractivity contribution in [3.63, 3.8) is 0 Å². The first-order valence-electron chi connectivity index (χ1n) is 21.5. The fourth-order valence-corrected chi connectivity index (χ4v) is 8.46. The summed E-state index contributed by atoms with van der Waals surface area (Å²) in [5.74, 6) is -2.14. The van der Waals surface area contributed by atoms with Gasteiger partial charge in [0.25, 0.3) is 0 Å². The molecule has 4 saturated heterocycles. The van der Waals surface area contributed by atoms with Gasteiger partial charge in [-0.1, -0.05) is 0 Å². The number of hydrogen-bond donors (Lipinski definition) is 3. The van der Waals surface area contributed by atoms with E-state index in [-0.39, 0.29) is 40.4 Å². The van der Waals surface area contributed by atoms with Crippen LogP contribution in [0.5, 0.6) is 0 Å². The van der Waals surface area contributed by atoms with Crippen molar-refractivity contribution < 1.29 is 23.9 Å². The largest absolute Gasteiger partial charge is 0.394 e. The van der Waals surface area contributed by atoms with E-state index in [1.807, 2.05) is 11.9 Å². The van der Waals surface area contributed by atoms with Crippen LogP contribution in [0.25, 0.3) is 21.8 Å². The van der Waals surface area contributed by atoms with Gasteiger partial charge in [0.1, 0.15) is 29.0 Å². The van der Waals surface area contributed by atoms with Crippen molar-refractivity contribution >= 4 is 56.2 Å². The number of fused-ring (bicyclic) bond motifs is 2. The minimum absolute atomic E-state index is 0. The van der Waals surface area contributed by atoms with E-state index in [1.165, 1.54) is 6.07 Å². The lowest BCUT2D eigenvalue weighted by atomic mass is 10.1. The molecule has 62 heavy (non-hydrogen) atoms. The maximum Gasteiger partial charge on any atom is 0.335 e. The number of nitrogen functional groups attached to an aromatic ring is 1. The third-order valence-electron chi connectivity index (χ3n) is 12.4. The van der Waals surface area contributed by atoms with E-state index in [2.05, 4.69) is 76.0 Å². The summed E-state index contributed by atoms with van der Waals surface area (Å²) in [6.45, 7) is 16.3. The molecule has 0 aliphatic carbocycles. The lowest BCUT2D eigenvalue weighted by Gasteiger charge is -2.34. The predicted molar refractivity (Wildman–Crippen MR) is 241 cm³/mol. The zero-order valence-electron chi connectivity index (χ0n) is 36.3. The second kappa shape index (κ2) is 20.1. The zero-order valence-corrected chi connectivity index (χ0v) is 36.3. The lowest BCUT2D eigenvalue weighted by Crippen LogP contribution is -2.46. The molecule has 4 N–H and O–H groups in total. The highest BCUT2D eigenvalue weighted by atomic mass is 19.1. The van der Waals surface area contributed by atoms with Gasteiger partial charge in [-0.2, -0.15) is 0 Å². The summed E-state index contributed by atoms with van der Waals surface area (Å²) in [7, 11) is 8.26. The minimum atomic E-state index is -0.859. The topological polar surface area (TPSA) is 145 Å². The smallest absolute Gasteiger partial charge is 0.335 e. The normalized spacial score (nSPS) is 19.2. The number of nitrogens with zero attached hydrogens (tertiary/aromatic N) is 11. The molecule has 2 aromatic carbocycles. The first-order chi connectivity index (χ1) is 29.7. The van der Waals surface area contributed by atoms with Gasteiger partial charge in [0.15, 0.2) is 5.82 Å². The van der Waals surface area contributed by atoms with Crippen LogP contribution in [0.4, 0.5) is 51.9 Å². The van der Waals surface area contributed by atoms with Crippen molar-refractivity contribution in [1.82, 2.24) is 39.4 Å². The predicted octanol–water partition coefficient (Wildman–Crippen LogP) is 3.58. The minimum Gasteiger partial charge on any atom is -0.394 e. The molecular weight excluding hydrogens is 809 g/mol. The molecular formula is C42H62F4N14O2. The summed E-state index contributed by atoms with van der Waals surface area (Å²) in [5.41, 5.74) is 7.61. The Balaban J connectivity index is 0.000000207.